The number of aromatic nitrogens is 4. The second kappa shape index (κ2) is 7.89. The normalized spacial score (nSPS) is 18.3. The van der Waals surface area contributed by atoms with Crippen molar-refractivity contribution in [2.45, 2.75) is 30.9 Å². The van der Waals surface area contributed by atoms with Crippen LogP contribution in [0.15, 0.2) is 42.6 Å². The molecular weight excluding hydrogens is 442 g/mol. The molecule has 3 N–H and O–H groups in total. The van der Waals surface area contributed by atoms with E-state index in [1.165, 1.54) is 18.2 Å². The van der Waals surface area contributed by atoms with Gasteiger partial charge in [0.2, 0.25) is 0 Å². The number of nitrogens with one attached hydrogen (secondary N) is 2. The van der Waals surface area contributed by atoms with Crippen LogP contribution in [0.2, 0.25) is 0 Å². The van der Waals surface area contributed by atoms with Gasteiger partial charge in [0.25, 0.3) is 0 Å². The third-order valence-electron chi connectivity index (χ3n) is 4.41. The number of nitrogens with zero attached hydrogens (tertiary/aromatic N) is 4. The maximum Gasteiger partial charge on any atom is 0.433 e. The van der Waals surface area contributed by atoms with Crippen LogP contribution in [-0.4, -0.2) is 37.2 Å². The highest BCUT2D eigenvalue weighted by Crippen LogP contribution is 2.32. The summed E-state index contributed by atoms with van der Waals surface area (Å²) in [5, 5.41) is 15.1. The van der Waals surface area contributed by atoms with Gasteiger partial charge in [-0.25, -0.2) is 15.0 Å². The van der Waals surface area contributed by atoms with Crippen molar-refractivity contribution in [1.82, 2.24) is 19.9 Å². The molecule has 0 aromatic carbocycles. The monoisotopic (exact) mass is 456 g/mol. The first kappa shape index (κ1) is 21.7. The minimum absolute atomic E-state index is 0.00572. The number of halogens is 6. The molecule has 3 heterocycles. The molecule has 0 radical (unpaired) electrons. The maximum absolute atomic E-state index is 13.0. The predicted molar refractivity (Wildman–Crippen MR) is 101 cm³/mol. The lowest BCUT2D eigenvalue weighted by Crippen LogP contribution is -2.12. The van der Waals surface area contributed by atoms with Crippen molar-refractivity contribution in [2.75, 3.05) is 10.6 Å². The van der Waals surface area contributed by atoms with E-state index in [0.717, 1.165) is 24.4 Å². The fourth-order valence-electron chi connectivity index (χ4n) is 2.75. The number of aliphatic hydroxyl groups is 1. The lowest BCUT2D eigenvalue weighted by atomic mass is 10.2. The minimum Gasteiger partial charge on any atom is -0.391 e. The largest absolute Gasteiger partial charge is 0.433 e. The van der Waals surface area contributed by atoms with Crippen molar-refractivity contribution in [2.24, 2.45) is 0 Å². The molecule has 0 aliphatic heterocycles. The molecule has 1 aliphatic rings. The first-order valence-electron chi connectivity index (χ1n) is 9.17. The van der Waals surface area contributed by atoms with Crippen molar-refractivity contribution in [1.29, 1.82) is 0 Å². The Morgan fingerprint density at radius 3 is 2.22 bits per heavy atom. The van der Waals surface area contributed by atoms with E-state index in [-0.39, 0.29) is 34.9 Å². The van der Waals surface area contributed by atoms with E-state index in [2.05, 4.69) is 30.6 Å². The molecule has 168 valence electrons. The molecule has 0 amide bonds. The van der Waals surface area contributed by atoms with Crippen LogP contribution >= 0.6 is 0 Å². The highest BCUT2D eigenvalue weighted by Gasteiger charge is 2.36. The molecule has 4 rings (SSSR count). The van der Waals surface area contributed by atoms with Gasteiger partial charge in [0.05, 0.1) is 12.1 Å². The lowest BCUT2D eigenvalue weighted by Gasteiger charge is -2.13. The second-order valence-electron chi connectivity index (χ2n) is 6.97. The van der Waals surface area contributed by atoms with Gasteiger partial charge in [-0.05, 0) is 30.7 Å². The zero-order valence-corrected chi connectivity index (χ0v) is 15.9. The average molecular weight is 456 g/mol. The van der Waals surface area contributed by atoms with Crippen LogP contribution in [0, 0.1) is 0 Å². The Morgan fingerprint density at radius 1 is 0.875 bits per heavy atom. The van der Waals surface area contributed by atoms with Crippen molar-refractivity contribution in [3.05, 3.63) is 54.0 Å². The number of aliphatic hydroxyl groups excluding tert-OH is 1. The van der Waals surface area contributed by atoms with Gasteiger partial charge in [-0.3, -0.25) is 4.98 Å². The number of hydrogen-bond acceptors (Lipinski definition) is 7. The Kier molecular flexibility index (Phi) is 5.36. The van der Waals surface area contributed by atoms with Crippen LogP contribution in [0.3, 0.4) is 0 Å². The molecule has 1 saturated carbocycles. The first-order valence-corrected chi connectivity index (χ1v) is 9.17. The van der Waals surface area contributed by atoms with Gasteiger partial charge in [0.15, 0.2) is 5.82 Å². The predicted octanol–water partition coefficient (Wildman–Crippen LogP) is 4.26. The molecule has 7 nitrogen and oxygen atoms in total. The average Bonchev–Trinajstić information content (AvgIpc) is 3.41. The fraction of sp³-hybridized carbons (Fsp3) is 0.263. The number of rotatable bonds is 5. The van der Waals surface area contributed by atoms with Gasteiger partial charge in [-0.1, -0.05) is 6.07 Å². The van der Waals surface area contributed by atoms with E-state index in [1.807, 2.05) is 0 Å². The summed E-state index contributed by atoms with van der Waals surface area (Å²) in [6.07, 6.45) is -8.54. The molecule has 1 fully saturated rings. The summed E-state index contributed by atoms with van der Waals surface area (Å²) >= 11 is 0. The zero-order chi connectivity index (χ0) is 23.1. The van der Waals surface area contributed by atoms with Crippen LogP contribution in [0.1, 0.15) is 17.8 Å². The molecule has 0 bridgehead atoms. The summed E-state index contributed by atoms with van der Waals surface area (Å²) in [7, 11) is 0. The Morgan fingerprint density at radius 2 is 1.56 bits per heavy atom. The Balaban J connectivity index is 1.71. The molecule has 0 spiro atoms. The molecular formula is C19H14F6N6O. The highest BCUT2D eigenvalue weighted by molar-refractivity contribution is 5.64. The van der Waals surface area contributed by atoms with E-state index in [0.29, 0.717) is 6.42 Å². The number of hydrogen-bond donors (Lipinski definition) is 3. The molecule has 32 heavy (non-hydrogen) atoms. The zero-order valence-electron chi connectivity index (χ0n) is 15.9. The number of alkyl halides is 6. The van der Waals surface area contributed by atoms with Gasteiger partial charge in [-0.2, -0.15) is 26.3 Å². The summed E-state index contributed by atoms with van der Waals surface area (Å²) in [5.41, 5.74) is -2.45. The lowest BCUT2D eigenvalue weighted by molar-refractivity contribution is -0.141. The third-order valence-corrected chi connectivity index (χ3v) is 4.41. The van der Waals surface area contributed by atoms with E-state index < -0.39 is 29.8 Å². The van der Waals surface area contributed by atoms with Crippen LogP contribution < -0.4 is 10.6 Å². The van der Waals surface area contributed by atoms with Gasteiger partial charge in [-0.15, -0.1) is 0 Å². The molecule has 2 unspecified atom stereocenters. The number of pyridine rings is 2. The molecule has 3 aromatic heterocycles. The molecule has 0 saturated heterocycles. The molecule has 2 atom stereocenters. The van der Waals surface area contributed by atoms with Crippen LogP contribution in [0.4, 0.5) is 43.7 Å². The highest BCUT2D eigenvalue weighted by atomic mass is 19.4. The summed E-state index contributed by atoms with van der Waals surface area (Å²) in [6.45, 7) is 0. The Labute approximate surface area is 176 Å². The third kappa shape index (κ3) is 5.04. The van der Waals surface area contributed by atoms with Gasteiger partial charge in [0, 0.05) is 18.0 Å². The quantitative estimate of drug-likeness (QED) is 0.494. The van der Waals surface area contributed by atoms with E-state index in [1.54, 1.807) is 0 Å². The summed E-state index contributed by atoms with van der Waals surface area (Å²) < 4.78 is 77.9. The van der Waals surface area contributed by atoms with E-state index >= 15 is 0 Å². The van der Waals surface area contributed by atoms with Crippen molar-refractivity contribution < 1.29 is 31.4 Å². The minimum atomic E-state index is -4.68. The number of anilines is 3. The van der Waals surface area contributed by atoms with Gasteiger partial charge >= 0.3 is 12.4 Å². The SMILES string of the molecule is OC1CC1Nc1cc(Nc2ccnc(C(F)(F)F)c2)nc(-c2cccc(C(F)(F)F)n2)n1. The van der Waals surface area contributed by atoms with Gasteiger partial charge in [0.1, 0.15) is 28.7 Å². The molecule has 13 heteroatoms. The summed E-state index contributed by atoms with van der Waals surface area (Å²) in [6, 6.07) is 6.30. The second-order valence-corrected chi connectivity index (χ2v) is 6.97. The molecule has 3 aromatic rings. The topological polar surface area (TPSA) is 95.8 Å². The van der Waals surface area contributed by atoms with Crippen LogP contribution in [0.5, 0.6) is 0 Å². The standard InChI is InChI=1S/C19H14F6N6O/c20-18(21,22)13-3-1-2-10(28-13)17-30-15(8-16(31-17)29-11-7-12(11)32)27-9-4-5-26-14(6-9)19(23,24)25/h1-6,8,11-12,32H,7H2,(H2,26,27,29,30,31). The smallest absolute Gasteiger partial charge is 0.391 e. The maximum atomic E-state index is 13.0. The fourth-order valence-corrected chi connectivity index (χ4v) is 2.75. The van der Waals surface area contributed by atoms with Crippen molar-refractivity contribution in [3.63, 3.8) is 0 Å². The summed E-state index contributed by atoms with van der Waals surface area (Å²) in [5.74, 6) is -0.0293. The Bertz CT molecular complexity index is 1140. The van der Waals surface area contributed by atoms with Gasteiger partial charge < -0.3 is 15.7 Å². The van der Waals surface area contributed by atoms with Crippen LogP contribution in [0.25, 0.3) is 11.5 Å². The Hall–Kier alpha value is -3.48. The van der Waals surface area contributed by atoms with Crippen molar-refractivity contribution >= 4 is 17.3 Å². The van der Waals surface area contributed by atoms with E-state index in [9.17, 15) is 31.4 Å². The van der Waals surface area contributed by atoms with Crippen molar-refractivity contribution in [3.8, 4) is 11.5 Å². The molecule has 1 aliphatic carbocycles. The summed E-state index contributed by atoms with van der Waals surface area (Å²) in [4.78, 5) is 15.1. The van der Waals surface area contributed by atoms with E-state index in [4.69, 9.17) is 0 Å². The first-order chi connectivity index (χ1) is 15.0. The van der Waals surface area contributed by atoms with Crippen LogP contribution in [-0.2, 0) is 12.4 Å².